The van der Waals surface area contributed by atoms with E-state index in [1.54, 1.807) is 13.1 Å². The van der Waals surface area contributed by atoms with Gasteiger partial charge in [-0.3, -0.25) is 9.89 Å². The third-order valence-corrected chi connectivity index (χ3v) is 3.94. The summed E-state index contributed by atoms with van der Waals surface area (Å²) < 4.78 is 1.97. The number of pyridine rings is 1. The van der Waals surface area contributed by atoms with Crippen LogP contribution in [0.5, 0.6) is 0 Å². The van der Waals surface area contributed by atoms with Crippen molar-refractivity contribution in [3.05, 3.63) is 69.8 Å². The molecule has 4 aromatic rings. The minimum atomic E-state index is -0.173. The molecular weight excluding hydrogens is 304 g/mol. The molecule has 0 radical (unpaired) electrons. The second-order valence-electron chi connectivity index (χ2n) is 5.86. The zero-order valence-electron chi connectivity index (χ0n) is 13.4. The van der Waals surface area contributed by atoms with E-state index in [9.17, 15) is 4.79 Å². The predicted molar refractivity (Wildman–Crippen MR) is 90.4 cm³/mol. The molecule has 4 heterocycles. The van der Waals surface area contributed by atoms with E-state index in [0.717, 1.165) is 17.1 Å². The van der Waals surface area contributed by atoms with E-state index < -0.39 is 0 Å². The van der Waals surface area contributed by atoms with Gasteiger partial charge in [-0.05, 0) is 37.1 Å². The van der Waals surface area contributed by atoms with Crippen molar-refractivity contribution in [2.45, 2.75) is 20.3 Å². The SMILES string of the molecule is Cc1ccn(-c2ccc(Cc3nc4n[nH]c(C)c4c(=O)[nH]3)cn2)c1. The van der Waals surface area contributed by atoms with E-state index in [4.69, 9.17) is 0 Å². The fourth-order valence-corrected chi connectivity index (χ4v) is 2.72. The topological polar surface area (TPSA) is 92.2 Å². The lowest BCUT2D eigenvalue weighted by Gasteiger charge is -2.04. The quantitative estimate of drug-likeness (QED) is 0.604. The molecule has 4 aromatic heterocycles. The molecule has 0 aromatic carbocycles. The van der Waals surface area contributed by atoms with Crippen LogP contribution in [0.1, 0.15) is 22.6 Å². The van der Waals surface area contributed by atoms with Gasteiger partial charge in [0.05, 0.1) is 0 Å². The van der Waals surface area contributed by atoms with Crippen molar-refractivity contribution in [2.75, 3.05) is 0 Å². The van der Waals surface area contributed by atoms with Crippen molar-refractivity contribution < 1.29 is 0 Å². The highest BCUT2D eigenvalue weighted by Gasteiger charge is 2.10. The maximum atomic E-state index is 12.1. The van der Waals surface area contributed by atoms with Crippen molar-refractivity contribution in [3.63, 3.8) is 0 Å². The maximum Gasteiger partial charge on any atom is 0.262 e. The summed E-state index contributed by atoms with van der Waals surface area (Å²) in [7, 11) is 0. The molecule has 0 spiro atoms. The molecule has 7 heteroatoms. The molecule has 0 aliphatic rings. The number of nitrogens with one attached hydrogen (secondary N) is 2. The van der Waals surface area contributed by atoms with Crippen LogP contribution in [0.3, 0.4) is 0 Å². The molecule has 0 bridgehead atoms. The van der Waals surface area contributed by atoms with E-state index >= 15 is 0 Å². The summed E-state index contributed by atoms with van der Waals surface area (Å²) >= 11 is 0. The molecule has 24 heavy (non-hydrogen) atoms. The van der Waals surface area contributed by atoms with Gasteiger partial charge >= 0.3 is 0 Å². The molecule has 0 saturated carbocycles. The number of aromatic amines is 2. The van der Waals surface area contributed by atoms with Crippen LogP contribution in [0, 0.1) is 13.8 Å². The lowest BCUT2D eigenvalue weighted by Crippen LogP contribution is -2.12. The average Bonchev–Trinajstić information content (AvgIpc) is 3.15. The lowest BCUT2D eigenvalue weighted by molar-refractivity contribution is 0.942. The summed E-state index contributed by atoms with van der Waals surface area (Å²) in [6, 6.07) is 5.97. The number of fused-ring (bicyclic) bond motifs is 1. The van der Waals surface area contributed by atoms with Crippen LogP contribution in [0.4, 0.5) is 0 Å². The number of hydrogen-bond donors (Lipinski definition) is 2. The first kappa shape index (κ1) is 14.4. The Morgan fingerprint density at radius 1 is 1.21 bits per heavy atom. The number of aryl methyl sites for hydroxylation is 2. The van der Waals surface area contributed by atoms with Gasteiger partial charge < -0.3 is 9.55 Å². The highest BCUT2D eigenvalue weighted by atomic mass is 16.1. The molecule has 0 saturated heterocycles. The number of nitrogens with zero attached hydrogens (tertiary/aromatic N) is 4. The number of rotatable bonds is 3. The molecule has 2 N–H and O–H groups in total. The van der Waals surface area contributed by atoms with Gasteiger partial charge in [-0.1, -0.05) is 6.07 Å². The normalized spacial score (nSPS) is 11.2. The number of aromatic nitrogens is 6. The second-order valence-corrected chi connectivity index (χ2v) is 5.86. The number of hydrogen-bond acceptors (Lipinski definition) is 4. The molecule has 0 fully saturated rings. The molecule has 120 valence electrons. The first-order chi connectivity index (χ1) is 11.6. The van der Waals surface area contributed by atoms with E-state index in [1.807, 2.05) is 42.1 Å². The molecule has 0 aliphatic heterocycles. The van der Waals surface area contributed by atoms with Gasteiger partial charge in [0.1, 0.15) is 17.0 Å². The summed E-state index contributed by atoms with van der Waals surface area (Å²) in [6.45, 7) is 3.84. The average molecular weight is 320 g/mol. The van der Waals surface area contributed by atoms with Crippen LogP contribution in [-0.4, -0.2) is 29.7 Å². The van der Waals surface area contributed by atoms with Gasteiger partial charge in [-0.2, -0.15) is 5.10 Å². The Kier molecular flexibility index (Phi) is 3.26. The Hall–Kier alpha value is -3.22. The highest BCUT2D eigenvalue weighted by molar-refractivity contribution is 5.76. The van der Waals surface area contributed by atoms with Crippen LogP contribution >= 0.6 is 0 Å². The van der Waals surface area contributed by atoms with Crippen LogP contribution in [0.25, 0.3) is 16.9 Å². The van der Waals surface area contributed by atoms with Crippen molar-refractivity contribution in [2.24, 2.45) is 0 Å². The standard InChI is InChI=1S/C17H16N6O/c1-10-5-6-23(9-10)14-4-3-12(8-18-14)7-13-19-16-15(17(24)20-13)11(2)21-22-16/h3-6,8-9H,7H2,1-2H3,(H2,19,20,21,22,24). The van der Waals surface area contributed by atoms with E-state index in [-0.39, 0.29) is 5.56 Å². The van der Waals surface area contributed by atoms with Gasteiger partial charge in [0.25, 0.3) is 5.56 Å². The lowest BCUT2D eigenvalue weighted by atomic mass is 10.2. The smallest absolute Gasteiger partial charge is 0.262 e. The largest absolute Gasteiger partial charge is 0.310 e. The monoisotopic (exact) mass is 320 g/mol. The minimum absolute atomic E-state index is 0.173. The van der Waals surface area contributed by atoms with E-state index in [1.165, 1.54) is 5.56 Å². The Morgan fingerprint density at radius 2 is 2.08 bits per heavy atom. The molecule has 0 atom stereocenters. The molecule has 0 amide bonds. The summed E-state index contributed by atoms with van der Waals surface area (Å²) in [5.41, 5.74) is 3.15. The van der Waals surface area contributed by atoms with Crippen LogP contribution in [-0.2, 0) is 6.42 Å². The van der Waals surface area contributed by atoms with Gasteiger partial charge in [-0.25, -0.2) is 9.97 Å². The molecular formula is C17H16N6O. The van der Waals surface area contributed by atoms with Crippen molar-refractivity contribution in [1.82, 2.24) is 29.7 Å². The molecule has 0 aliphatic carbocycles. The first-order valence-corrected chi connectivity index (χ1v) is 7.64. The Labute approximate surface area is 137 Å². The third-order valence-electron chi connectivity index (χ3n) is 3.94. The van der Waals surface area contributed by atoms with Gasteiger partial charge in [0, 0.05) is 30.7 Å². The van der Waals surface area contributed by atoms with Crippen molar-refractivity contribution in [1.29, 1.82) is 0 Å². The fourth-order valence-electron chi connectivity index (χ4n) is 2.72. The Balaban J connectivity index is 1.62. The molecule has 7 nitrogen and oxygen atoms in total. The Bertz CT molecular complexity index is 1070. The summed E-state index contributed by atoms with van der Waals surface area (Å²) in [5, 5.41) is 7.36. The second kappa shape index (κ2) is 5.45. The zero-order valence-corrected chi connectivity index (χ0v) is 13.4. The predicted octanol–water partition coefficient (Wildman–Crippen LogP) is 2.04. The van der Waals surface area contributed by atoms with Crippen LogP contribution < -0.4 is 5.56 Å². The zero-order chi connectivity index (χ0) is 16.7. The molecule has 0 unspecified atom stereocenters. The van der Waals surface area contributed by atoms with Gasteiger partial charge in [-0.15, -0.1) is 0 Å². The summed E-state index contributed by atoms with van der Waals surface area (Å²) in [6.07, 6.45) is 6.29. The minimum Gasteiger partial charge on any atom is -0.310 e. The Morgan fingerprint density at radius 3 is 2.79 bits per heavy atom. The van der Waals surface area contributed by atoms with Gasteiger partial charge in [0.2, 0.25) is 0 Å². The van der Waals surface area contributed by atoms with Gasteiger partial charge in [0.15, 0.2) is 5.65 Å². The summed E-state index contributed by atoms with van der Waals surface area (Å²) in [5.74, 6) is 1.43. The van der Waals surface area contributed by atoms with Crippen LogP contribution in [0.2, 0.25) is 0 Å². The fraction of sp³-hybridized carbons (Fsp3) is 0.176. The number of H-pyrrole nitrogens is 2. The van der Waals surface area contributed by atoms with Crippen molar-refractivity contribution in [3.8, 4) is 5.82 Å². The van der Waals surface area contributed by atoms with E-state index in [0.29, 0.717) is 23.3 Å². The molecule has 4 rings (SSSR count). The maximum absolute atomic E-state index is 12.1. The third kappa shape index (κ3) is 2.50. The van der Waals surface area contributed by atoms with Crippen LogP contribution in [0.15, 0.2) is 41.6 Å². The highest BCUT2D eigenvalue weighted by Crippen LogP contribution is 2.12. The van der Waals surface area contributed by atoms with E-state index in [2.05, 4.69) is 25.1 Å². The van der Waals surface area contributed by atoms with Crippen molar-refractivity contribution >= 4 is 11.0 Å². The summed E-state index contributed by atoms with van der Waals surface area (Å²) in [4.78, 5) is 23.8. The first-order valence-electron chi connectivity index (χ1n) is 7.64.